The number of hydrogen-bond donors (Lipinski definition) is 1. The second-order valence-electron chi connectivity index (χ2n) is 6.14. The van der Waals surface area contributed by atoms with E-state index in [9.17, 15) is 14.9 Å². The Morgan fingerprint density at radius 2 is 1.78 bits per heavy atom. The van der Waals surface area contributed by atoms with Gasteiger partial charge < -0.3 is 5.32 Å². The number of aryl methyl sites for hydroxylation is 1. The van der Waals surface area contributed by atoms with E-state index in [2.05, 4.69) is 10.4 Å². The van der Waals surface area contributed by atoms with Gasteiger partial charge in [-0.05, 0) is 31.5 Å². The van der Waals surface area contributed by atoms with Crippen LogP contribution in [0.2, 0.25) is 5.02 Å². The van der Waals surface area contributed by atoms with E-state index in [1.54, 1.807) is 0 Å². The first kappa shape index (κ1) is 18.6. The van der Waals surface area contributed by atoms with Gasteiger partial charge in [-0.15, -0.1) is 0 Å². The summed E-state index contributed by atoms with van der Waals surface area (Å²) in [7, 11) is 0. The molecule has 0 radical (unpaired) electrons. The number of benzene rings is 2. The number of nitrogens with zero attached hydrogens (tertiary/aromatic N) is 3. The predicted molar refractivity (Wildman–Crippen MR) is 105 cm³/mol. The van der Waals surface area contributed by atoms with Gasteiger partial charge in [0.15, 0.2) is 0 Å². The Bertz CT molecular complexity index is 1030. The lowest BCUT2D eigenvalue weighted by Gasteiger charge is -2.17. The molecule has 0 aliphatic carbocycles. The standard InChI is InChI=1S/C19H17ClN4O3/c1-12-3-5-14(6-4-12)13(2)22-17-11-21-23(19(25)18(17)20)15-7-9-16(10-8-15)24(26)27/h3-11,13,22H,1-2H3. The molecule has 0 saturated carbocycles. The Labute approximate surface area is 160 Å². The third kappa shape index (κ3) is 3.98. The summed E-state index contributed by atoms with van der Waals surface area (Å²) in [6, 6.07) is 13.5. The van der Waals surface area contributed by atoms with Gasteiger partial charge in [0.2, 0.25) is 0 Å². The van der Waals surface area contributed by atoms with E-state index in [4.69, 9.17) is 11.6 Å². The highest BCUT2D eigenvalue weighted by Crippen LogP contribution is 2.24. The monoisotopic (exact) mass is 384 g/mol. The lowest BCUT2D eigenvalue weighted by molar-refractivity contribution is -0.384. The van der Waals surface area contributed by atoms with Gasteiger partial charge >= 0.3 is 0 Å². The van der Waals surface area contributed by atoms with E-state index in [0.717, 1.165) is 15.8 Å². The molecule has 0 fully saturated rings. The minimum Gasteiger partial charge on any atom is -0.376 e. The molecule has 1 N–H and O–H groups in total. The third-order valence-electron chi connectivity index (χ3n) is 4.17. The number of anilines is 1. The lowest BCUT2D eigenvalue weighted by atomic mass is 10.1. The zero-order chi connectivity index (χ0) is 19.6. The molecular weight excluding hydrogens is 368 g/mol. The molecule has 0 aliphatic heterocycles. The molecule has 0 spiro atoms. The van der Waals surface area contributed by atoms with Crippen LogP contribution in [0.25, 0.3) is 5.69 Å². The maximum absolute atomic E-state index is 12.6. The first-order valence-electron chi connectivity index (χ1n) is 8.22. The van der Waals surface area contributed by atoms with Gasteiger partial charge in [0, 0.05) is 18.2 Å². The van der Waals surface area contributed by atoms with Crippen molar-refractivity contribution in [3.63, 3.8) is 0 Å². The Balaban J connectivity index is 1.87. The van der Waals surface area contributed by atoms with E-state index in [0.29, 0.717) is 11.4 Å². The van der Waals surface area contributed by atoms with Crippen molar-refractivity contribution < 1.29 is 4.92 Å². The van der Waals surface area contributed by atoms with Gasteiger partial charge in [-0.2, -0.15) is 9.78 Å². The summed E-state index contributed by atoms with van der Waals surface area (Å²) in [5, 5.41) is 18.1. The molecule has 138 valence electrons. The van der Waals surface area contributed by atoms with Gasteiger partial charge in [0.25, 0.3) is 11.2 Å². The van der Waals surface area contributed by atoms with Crippen molar-refractivity contribution in [1.29, 1.82) is 0 Å². The van der Waals surface area contributed by atoms with Crippen LogP contribution in [0.1, 0.15) is 24.1 Å². The van der Waals surface area contributed by atoms with E-state index in [-0.39, 0.29) is 16.8 Å². The number of nitro benzene ring substituents is 1. The second-order valence-corrected chi connectivity index (χ2v) is 6.52. The predicted octanol–water partition coefficient (Wildman–Crippen LogP) is 4.28. The van der Waals surface area contributed by atoms with Crippen molar-refractivity contribution in [2.75, 3.05) is 5.32 Å². The van der Waals surface area contributed by atoms with Crippen LogP contribution in [0.4, 0.5) is 11.4 Å². The highest BCUT2D eigenvalue weighted by Gasteiger charge is 2.14. The summed E-state index contributed by atoms with van der Waals surface area (Å²) in [5.41, 5.74) is 2.46. The molecule has 7 nitrogen and oxygen atoms in total. The smallest absolute Gasteiger partial charge is 0.292 e. The highest BCUT2D eigenvalue weighted by atomic mass is 35.5. The largest absolute Gasteiger partial charge is 0.376 e. The Morgan fingerprint density at radius 1 is 1.15 bits per heavy atom. The summed E-state index contributed by atoms with van der Waals surface area (Å²) >= 11 is 6.24. The van der Waals surface area contributed by atoms with Gasteiger partial charge in [0.1, 0.15) is 5.02 Å². The maximum atomic E-state index is 12.6. The van der Waals surface area contributed by atoms with Crippen molar-refractivity contribution in [3.05, 3.63) is 91.3 Å². The van der Waals surface area contributed by atoms with Crippen LogP contribution in [0.3, 0.4) is 0 Å². The molecule has 8 heteroatoms. The highest BCUT2D eigenvalue weighted by molar-refractivity contribution is 6.33. The Kier molecular flexibility index (Phi) is 5.23. The zero-order valence-corrected chi connectivity index (χ0v) is 15.5. The molecule has 3 aromatic rings. The quantitative estimate of drug-likeness (QED) is 0.524. The number of aromatic nitrogens is 2. The molecule has 0 aliphatic rings. The topological polar surface area (TPSA) is 90.1 Å². The van der Waals surface area contributed by atoms with Gasteiger partial charge in [-0.25, -0.2) is 0 Å². The van der Waals surface area contributed by atoms with Gasteiger partial charge in [-0.3, -0.25) is 14.9 Å². The fraction of sp³-hybridized carbons (Fsp3) is 0.158. The molecule has 1 unspecified atom stereocenters. The normalized spacial score (nSPS) is 11.8. The minimum absolute atomic E-state index is 0.00214. The van der Waals surface area contributed by atoms with Crippen LogP contribution in [0, 0.1) is 17.0 Å². The molecule has 2 aromatic carbocycles. The summed E-state index contributed by atoms with van der Waals surface area (Å²) < 4.78 is 1.10. The Hall–Kier alpha value is -3.19. The Morgan fingerprint density at radius 3 is 2.37 bits per heavy atom. The summed E-state index contributed by atoms with van der Waals surface area (Å²) in [5.74, 6) is 0. The number of halogens is 1. The number of nitro groups is 1. The fourth-order valence-electron chi connectivity index (χ4n) is 2.60. The average Bonchev–Trinajstić information content (AvgIpc) is 2.66. The number of non-ortho nitro benzene ring substituents is 1. The first-order chi connectivity index (χ1) is 12.9. The van der Waals surface area contributed by atoms with Crippen molar-refractivity contribution in [2.45, 2.75) is 19.9 Å². The lowest BCUT2D eigenvalue weighted by Crippen LogP contribution is -2.23. The van der Waals surface area contributed by atoms with Crippen LogP contribution < -0.4 is 10.9 Å². The van der Waals surface area contributed by atoms with Crippen molar-refractivity contribution in [3.8, 4) is 5.69 Å². The van der Waals surface area contributed by atoms with E-state index in [1.165, 1.54) is 30.5 Å². The summed E-state index contributed by atoms with van der Waals surface area (Å²) in [4.78, 5) is 22.8. The van der Waals surface area contributed by atoms with Crippen LogP contribution in [0.5, 0.6) is 0 Å². The molecule has 27 heavy (non-hydrogen) atoms. The summed E-state index contributed by atoms with van der Waals surface area (Å²) in [6.45, 7) is 3.98. The van der Waals surface area contributed by atoms with E-state index >= 15 is 0 Å². The molecule has 0 saturated heterocycles. The SMILES string of the molecule is Cc1ccc(C(C)Nc2cnn(-c3ccc([N+](=O)[O-])cc3)c(=O)c2Cl)cc1. The van der Waals surface area contributed by atoms with Crippen LogP contribution in [-0.2, 0) is 0 Å². The number of hydrogen-bond acceptors (Lipinski definition) is 5. The van der Waals surface area contributed by atoms with Crippen LogP contribution >= 0.6 is 11.6 Å². The second kappa shape index (κ2) is 7.59. The molecule has 0 bridgehead atoms. The molecule has 1 aromatic heterocycles. The average molecular weight is 385 g/mol. The third-order valence-corrected chi connectivity index (χ3v) is 4.54. The summed E-state index contributed by atoms with van der Waals surface area (Å²) in [6.07, 6.45) is 1.47. The maximum Gasteiger partial charge on any atom is 0.292 e. The van der Waals surface area contributed by atoms with Gasteiger partial charge in [-0.1, -0.05) is 41.4 Å². The minimum atomic E-state index is -0.508. The van der Waals surface area contributed by atoms with Crippen LogP contribution in [0.15, 0.2) is 59.5 Å². The number of rotatable bonds is 5. The number of nitrogens with one attached hydrogen (secondary N) is 1. The molecule has 1 atom stereocenters. The molecule has 1 heterocycles. The van der Waals surface area contributed by atoms with E-state index < -0.39 is 10.5 Å². The van der Waals surface area contributed by atoms with Crippen molar-refractivity contribution in [2.24, 2.45) is 0 Å². The van der Waals surface area contributed by atoms with Gasteiger partial charge in [0.05, 0.1) is 22.5 Å². The van der Waals surface area contributed by atoms with E-state index in [1.807, 2.05) is 38.1 Å². The van der Waals surface area contributed by atoms with Crippen molar-refractivity contribution >= 4 is 23.0 Å². The zero-order valence-electron chi connectivity index (χ0n) is 14.7. The molecule has 3 rings (SSSR count). The molecular formula is C19H17ClN4O3. The van der Waals surface area contributed by atoms with Crippen molar-refractivity contribution in [1.82, 2.24) is 9.78 Å². The fourth-order valence-corrected chi connectivity index (χ4v) is 2.79. The first-order valence-corrected chi connectivity index (χ1v) is 8.60. The van der Waals surface area contributed by atoms with Crippen LogP contribution in [-0.4, -0.2) is 14.7 Å². The molecule has 0 amide bonds.